The molecular formula is C17H24BNO3. The molecule has 1 aromatic carbocycles. The molecule has 1 heterocycles. The number of rotatable bonds is 4. The van der Waals surface area contributed by atoms with Gasteiger partial charge < -0.3 is 14.6 Å². The lowest BCUT2D eigenvalue weighted by Gasteiger charge is -2.32. The van der Waals surface area contributed by atoms with Gasteiger partial charge in [0.1, 0.15) is 0 Å². The second-order valence-electron chi connectivity index (χ2n) is 6.56. The van der Waals surface area contributed by atoms with E-state index < -0.39 is 0 Å². The predicted molar refractivity (Wildman–Crippen MR) is 89.9 cm³/mol. The maximum Gasteiger partial charge on any atom is 0.495 e. The van der Waals surface area contributed by atoms with E-state index in [1.165, 1.54) is 6.92 Å². The SMILES string of the molecule is CC(=O)NCC=Cc1ccccc1B1OC(C)(C)C(C)(C)O1. The van der Waals surface area contributed by atoms with E-state index in [1.807, 2.05) is 64.1 Å². The highest BCUT2D eigenvalue weighted by Gasteiger charge is 2.52. The van der Waals surface area contributed by atoms with E-state index in [9.17, 15) is 4.79 Å². The monoisotopic (exact) mass is 301 g/mol. The van der Waals surface area contributed by atoms with Crippen LogP contribution in [0.2, 0.25) is 0 Å². The molecule has 0 aromatic heterocycles. The summed E-state index contributed by atoms with van der Waals surface area (Å²) in [5.41, 5.74) is 1.32. The van der Waals surface area contributed by atoms with Gasteiger partial charge in [-0.3, -0.25) is 4.79 Å². The predicted octanol–water partition coefficient (Wildman–Crippen LogP) is 2.14. The highest BCUT2D eigenvalue weighted by molar-refractivity contribution is 6.63. The summed E-state index contributed by atoms with van der Waals surface area (Å²) in [6.07, 6.45) is 3.90. The highest BCUT2D eigenvalue weighted by atomic mass is 16.7. The van der Waals surface area contributed by atoms with Crippen molar-refractivity contribution in [1.29, 1.82) is 0 Å². The number of benzene rings is 1. The lowest BCUT2D eigenvalue weighted by atomic mass is 9.76. The Morgan fingerprint density at radius 3 is 2.36 bits per heavy atom. The van der Waals surface area contributed by atoms with Gasteiger partial charge in [0.2, 0.25) is 5.91 Å². The summed E-state index contributed by atoms with van der Waals surface area (Å²) in [5, 5.41) is 2.74. The van der Waals surface area contributed by atoms with E-state index in [-0.39, 0.29) is 24.2 Å². The Labute approximate surface area is 133 Å². The fourth-order valence-electron chi connectivity index (χ4n) is 2.24. The molecule has 1 fully saturated rings. The molecule has 0 spiro atoms. The second-order valence-corrected chi connectivity index (χ2v) is 6.56. The average molecular weight is 301 g/mol. The van der Waals surface area contributed by atoms with Crippen LogP contribution in [0, 0.1) is 0 Å². The van der Waals surface area contributed by atoms with Gasteiger partial charge >= 0.3 is 7.12 Å². The number of carbonyl (C=O) groups excluding carboxylic acids is 1. The lowest BCUT2D eigenvalue weighted by Crippen LogP contribution is -2.41. The number of hydrogen-bond donors (Lipinski definition) is 1. The van der Waals surface area contributed by atoms with Crippen molar-refractivity contribution < 1.29 is 14.1 Å². The fourth-order valence-corrected chi connectivity index (χ4v) is 2.24. The van der Waals surface area contributed by atoms with Crippen LogP contribution in [0.15, 0.2) is 30.3 Å². The molecule has 0 bridgehead atoms. The van der Waals surface area contributed by atoms with E-state index >= 15 is 0 Å². The second kappa shape index (κ2) is 6.27. The molecule has 22 heavy (non-hydrogen) atoms. The normalized spacial score (nSPS) is 19.6. The molecule has 5 heteroatoms. The molecule has 0 atom stereocenters. The zero-order valence-electron chi connectivity index (χ0n) is 14.0. The Kier molecular flexibility index (Phi) is 4.78. The number of hydrogen-bond acceptors (Lipinski definition) is 3. The molecule has 1 aliphatic heterocycles. The van der Waals surface area contributed by atoms with Crippen LogP contribution in [-0.4, -0.2) is 30.8 Å². The van der Waals surface area contributed by atoms with Crippen molar-refractivity contribution in [2.45, 2.75) is 45.8 Å². The first-order valence-electron chi connectivity index (χ1n) is 7.58. The van der Waals surface area contributed by atoms with Crippen molar-refractivity contribution in [3.63, 3.8) is 0 Å². The summed E-state index contributed by atoms with van der Waals surface area (Å²) < 4.78 is 12.2. The Morgan fingerprint density at radius 2 is 1.77 bits per heavy atom. The van der Waals surface area contributed by atoms with Crippen LogP contribution < -0.4 is 10.8 Å². The Balaban J connectivity index is 2.18. The van der Waals surface area contributed by atoms with Gasteiger partial charge in [0, 0.05) is 13.5 Å². The van der Waals surface area contributed by atoms with Crippen LogP contribution in [0.3, 0.4) is 0 Å². The van der Waals surface area contributed by atoms with Gasteiger partial charge in [-0.15, -0.1) is 0 Å². The van der Waals surface area contributed by atoms with Crippen molar-refractivity contribution in [3.05, 3.63) is 35.9 Å². The molecule has 0 saturated carbocycles. The first kappa shape index (κ1) is 16.8. The minimum absolute atomic E-state index is 0.0381. The lowest BCUT2D eigenvalue weighted by molar-refractivity contribution is -0.118. The summed E-state index contributed by atoms with van der Waals surface area (Å²) in [6.45, 7) is 10.2. The van der Waals surface area contributed by atoms with Crippen LogP contribution >= 0.6 is 0 Å². The largest absolute Gasteiger partial charge is 0.495 e. The van der Waals surface area contributed by atoms with Gasteiger partial charge in [-0.1, -0.05) is 36.4 Å². The zero-order chi connectivity index (χ0) is 16.4. The van der Waals surface area contributed by atoms with Crippen molar-refractivity contribution in [2.24, 2.45) is 0 Å². The van der Waals surface area contributed by atoms with Crippen LogP contribution in [0.25, 0.3) is 6.08 Å². The zero-order valence-corrected chi connectivity index (χ0v) is 14.0. The maximum atomic E-state index is 10.9. The van der Waals surface area contributed by atoms with Crippen LogP contribution in [0.4, 0.5) is 0 Å². The van der Waals surface area contributed by atoms with E-state index in [0.717, 1.165) is 11.0 Å². The minimum atomic E-state index is -0.383. The topological polar surface area (TPSA) is 47.6 Å². The first-order valence-corrected chi connectivity index (χ1v) is 7.58. The Bertz CT molecular complexity index is 565. The molecule has 1 aliphatic rings. The first-order chi connectivity index (χ1) is 10.2. The van der Waals surface area contributed by atoms with Crippen molar-refractivity contribution >= 4 is 24.6 Å². The molecule has 1 N–H and O–H groups in total. The summed E-state index contributed by atoms with van der Waals surface area (Å²) in [7, 11) is -0.383. The van der Waals surface area contributed by atoms with E-state index in [1.54, 1.807) is 0 Å². The molecule has 0 radical (unpaired) electrons. The molecule has 1 saturated heterocycles. The highest BCUT2D eigenvalue weighted by Crippen LogP contribution is 2.36. The van der Waals surface area contributed by atoms with Crippen molar-refractivity contribution in [1.82, 2.24) is 5.32 Å². The third-order valence-electron chi connectivity index (χ3n) is 4.27. The quantitative estimate of drug-likeness (QED) is 0.867. The molecule has 1 aromatic rings. The van der Waals surface area contributed by atoms with Gasteiger partial charge in [-0.25, -0.2) is 0 Å². The molecule has 118 valence electrons. The van der Waals surface area contributed by atoms with Crippen LogP contribution in [-0.2, 0) is 14.1 Å². The Morgan fingerprint density at radius 1 is 1.18 bits per heavy atom. The van der Waals surface area contributed by atoms with Gasteiger partial charge in [0.25, 0.3) is 0 Å². The molecular weight excluding hydrogens is 277 g/mol. The van der Waals surface area contributed by atoms with Crippen molar-refractivity contribution in [3.8, 4) is 0 Å². The Hall–Kier alpha value is -1.59. The summed E-state index contributed by atoms with van der Waals surface area (Å²) in [5.74, 6) is -0.0381. The molecule has 0 unspecified atom stereocenters. The molecule has 0 aliphatic carbocycles. The summed E-state index contributed by atoms with van der Waals surface area (Å²) >= 11 is 0. The van der Waals surface area contributed by atoms with E-state index in [0.29, 0.717) is 6.54 Å². The number of nitrogens with one attached hydrogen (secondary N) is 1. The maximum absolute atomic E-state index is 10.9. The third-order valence-corrected chi connectivity index (χ3v) is 4.27. The molecule has 1 amide bonds. The summed E-state index contributed by atoms with van der Waals surface area (Å²) in [4.78, 5) is 10.9. The van der Waals surface area contributed by atoms with E-state index in [4.69, 9.17) is 9.31 Å². The minimum Gasteiger partial charge on any atom is -0.399 e. The third kappa shape index (κ3) is 3.59. The van der Waals surface area contributed by atoms with Crippen LogP contribution in [0.5, 0.6) is 0 Å². The van der Waals surface area contributed by atoms with Crippen molar-refractivity contribution in [2.75, 3.05) is 6.54 Å². The van der Waals surface area contributed by atoms with E-state index in [2.05, 4.69) is 5.32 Å². The fraction of sp³-hybridized carbons (Fsp3) is 0.471. The smallest absolute Gasteiger partial charge is 0.399 e. The number of amides is 1. The van der Waals surface area contributed by atoms with Gasteiger partial charge in [-0.2, -0.15) is 0 Å². The molecule has 4 nitrogen and oxygen atoms in total. The van der Waals surface area contributed by atoms with Crippen LogP contribution in [0.1, 0.15) is 40.2 Å². The number of carbonyl (C=O) groups is 1. The van der Waals surface area contributed by atoms with Gasteiger partial charge in [0.15, 0.2) is 0 Å². The standard InChI is InChI=1S/C17H24BNO3/c1-13(20)19-12-8-10-14-9-6-7-11-15(14)18-21-16(2,3)17(4,5)22-18/h6-11H,12H2,1-5H3,(H,19,20). The summed E-state index contributed by atoms with van der Waals surface area (Å²) in [6, 6.07) is 7.99. The van der Waals surface area contributed by atoms with Gasteiger partial charge in [0.05, 0.1) is 11.2 Å². The van der Waals surface area contributed by atoms with Gasteiger partial charge in [-0.05, 0) is 38.7 Å². The molecule has 2 rings (SSSR count). The average Bonchev–Trinajstić information content (AvgIpc) is 2.64.